The van der Waals surface area contributed by atoms with Crippen LogP contribution >= 0.6 is 22.9 Å². The number of hydrogen-bond acceptors (Lipinski definition) is 5. The monoisotopic (exact) mass is 271 g/mol. The Morgan fingerprint density at radius 2 is 2.12 bits per heavy atom. The van der Waals surface area contributed by atoms with E-state index < -0.39 is 0 Å². The summed E-state index contributed by atoms with van der Waals surface area (Å²) in [6.45, 7) is 7.04. The van der Waals surface area contributed by atoms with Crippen LogP contribution < -0.4 is 5.32 Å². The summed E-state index contributed by atoms with van der Waals surface area (Å²) in [5.41, 5.74) is 0.0693. The Labute approximate surface area is 109 Å². The van der Waals surface area contributed by atoms with Gasteiger partial charge in [-0.15, -0.1) is 10.2 Å². The molecule has 0 radical (unpaired) electrons. The van der Waals surface area contributed by atoms with Crippen LogP contribution in [0, 0.1) is 0 Å². The van der Waals surface area contributed by atoms with Crippen LogP contribution in [-0.2, 0) is 6.54 Å². The smallest absolute Gasteiger partial charge is 0.194 e. The fraction of sp³-hybridized carbons (Fsp3) is 0.455. The minimum absolute atomic E-state index is 0.0693. The Balaban J connectivity index is 2.06. The third-order valence-corrected chi connectivity index (χ3v) is 3.16. The second kappa shape index (κ2) is 4.76. The van der Waals surface area contributed by atoms with Crippen molar-refractivity contribution in [1.82, 2.24) is 15.5 Å². The molecular weight excluding hydrogens is 258 g/mol. The van der Waals surface area contributed by atoms with E-state index in [0.717, 1.165) is 10.0 Å². The van der Waals surface area contributed by atoms with Gasteiger partial charge in [0.15, 0.2) is 16.0 Å². The van der Waals surface area contributed by atoms with E-state index in [1.54, 1.807) is 12.1 Å². The number of halogens is 1. The first-order valence-electron chi connectivity index (χ1n) is 5.27. The van der Waals surface area contributed by atoms with Crippen molar-refractivity contribution in [2.45, 2.75) is 32.9 Å². The van der Waals surface area contributed by atoms with E-state index in [2.05, 4.69) is 36.3 Å². The molecule has 2 aromatic heterocycles. The average Bonchev–Trinajstić information content (AvgIpc) is 2.81. The lowest BCUT2D eigenvalue weighted by Crippen LogP contribution is -2.35. The summed E-state index contributed by atoms with van der Waals surface area (Å²) in [5, 5.41) is 13.6. The van der Waals surface area contributed by atoms with Gasteiger partial charge in [0.1, 0.15) is 5.01 Å². The Morgan fingerprint density at radius 1 is 1.35 bits per heavy atom. The van der Waals surface area contributed by atoms with Crippen LogP contribution in [0.3, 0.4) is 0 Å². The van der Waals surface area contributed by atoms with Crippen LogP contribution in [0.4, 0.5) is 0 Å². The average molecular weight is 272 g/mol. The lowest BCUT2D eigenvalue weighted by atomic mass is 10.1. The summed E-state index contributed by atoms with van der Waals surface area (Å²) in [5.74, 6) is 0.662. The lowest BCUT2D eigenvalue weighted by Gasteiger charge is -2.19. The highest BCUT2D eigenvalue weighted by Crippen LogP contribution is 2.27. The number of nitrogens with one attached hydrogen (secondary N) is 1. The van der Waals surface area contributed by atoms with Gasteiger partial charge >= 0.3 is 0 Å². The molecule has 0 saturated carbocycles. The molecular formula is C11H14ClN3OS. The maximum absolute atomic E-state index is 5.72. The van der Waals surface area contributed by atoms with Gasteiger partial charge in [0.25, 0.3) is 0 Å². The van der Waals surface area contributed by atoms with E-state index in [9.17, 15) is 0 Å². The number of rotatable bonds is 3. The van der Waals surface area contributed by atoms with Crippen LogP contribution in [-0.4, -0.2) is 15.7 Å². The van der Waals surface area contributed by atoms with Gasteiger partial charge in [-0.1, -0.05) is 11.3 Å². The Bertz CT molecular complexity index is 501. The second-order valence-corrected chi connectivity index (χ2v) is 6.14. The third kappa shape index (κ3) is 3.52. The zero-order valence-corrected chi connectivity index (χ0v) is 11.5. The summed E-state index contributed by atoms with van der Waals surface area (Å²) in [6, 6.07) is 3.50. The molecule has 17 heavy (non-hydrogen) atoms. The van der Waals surface area contributed by atoms with E-state index in [0.29, 0.717) is 17.5 Å². The molecule has 0 unspecified atom stereocenters. The molecule has 2 rings (SSSR count). The minimum Gasteiger partial charge on any atom is -0.442 e. The summed E-state index contributed by atoms with van der Waals surface area (Å²) in [4.78, 5) is 0. The zero-order valence-electron chi connectivity index (χ0n) is 9.95. The molecule has 0 fully saturated rings. The normalized spacial score (nSPS) is 12.0. The Kier molecular flexibility index (Phi) is 3.51. The van der Waals surface area contributed by atoms with Crippen LogP contribution in [0.1, 0.15) is 25.8 Å². The first-order chi connectivity index (χ1) is 7.94. The molecule has 0 aliphatic heterocycles. The maximum Gasteiger partial charge on any atom is 0.194 e. The van der Waals surface area contributed by atoms with Crippen LogP contribution in [0.15, 0.2) is 16.5 Å². The second-order valence-electron chi connectivity index (χ2n) is 4.71. The van der Waals surface area contributed by atoms with Gasteiger partial charge in [0.05, 0.1) is 6.54 Å². The first-order valence-corrected chi connectivity index (χ1v) is 6.46. The molecule has 6 heteroatoms. The van der Waals surface area contributed by atoms with Gasteiger partial charge < -0.3 is 9.73 Å². The van der Waals surface area contributed by atoms with E-state index in [4.69, 9.17) is 16.0 Å². The Hall–Kier alpha value is -0.910. The molecule has 2 heterocycles. The highest BCUT2D eigenvalue weighted by Gasteiger charge is 2.13. The van der Waals surface area contributed by atoms with Crippen LogP contribution in [0.25, 0.3) is 10.8 Å². The molecule has 0 aliphatic carbocycles. The van der Waals surface area contributed by atoms with Gasteiger partial charge in [0.2, 0.25) is 0 Å². The molecule has 0 aliphatic rings. The number of aromatic nitrogens is 2. The molecule has 2 aromatic rings. The predicted octanol–water partition coefficient (Wildman–Crippen LogP) is 3.34. The van der Waals surface area contributed by atoms with Crippen molar-refractivity contribution in [3.8, 4) is 10.8 Å². The number of nitrogens with zero attached hydrogens (tertiary/aromatic N) is 2. The van der Waals surface area contributed by atoms with Crippen LogP contribution in [0.2, 0.25) is 5.22 Å². The van der Waals surface area contributed by atoms with Crippen molar-refractivity contribution in [3.05, 3.63) is 22.4 Å². The van der Waals surface area contributed by atoms with Gasteiger partial charge in [-0.25, -0.2) is 0 Å². The quantitative estimate of drug-likeness (QED) is 0.930. The fourth-order valence-corrected chi connectivity index (χ4v) is 2.08. The largest absolute Gasteiger partial charge is 0.442 e. The molecule has 0 atom stereocenters. The Morgan fingerprint density at radius 3 is 2.71 bits per heavy atom. The lowest BCUT2D eigenvalue weighted by molar-refractivity contribution is 0.423. The van der Waals surface area contributed by atoms with E-state index in [1.807, 2.05) is 0 Å². The summed E-state index contributed by atoms with van der Waals surface area (Å²) in [7, 11) is 0. The molecule has 0 amide bonds. The fourth-order valence-electron chi connectivity index (χ4n) is 1.19. The molecule has 0 saturated heterocycles. The van der Waals surface area contributed by atoms with Gasteiger partial charge in [0, 0.05) is 5.54 Å². The van der Waals surface area contributed by atoms with Gasteiger partial charge in [-0.2, -0.15) is 0 Å². The maximum atomic E-state index is 5.72. The third-order valence-electron chi connectivity index (χ3n) is 2.02. The van der Waals surface area contributed by atoms with E-state index in [1.165, 1.54) is 11.3 Å². The minimum atomic E-state index is 0.0693. The molecule has 0 spiro atoms. The van der Waals surface area contributed by atoms with Gasteiger partial charge in [-0.05, 0) is 44.5 Å². The van der Waals surface area contributed by atoms with Crippen molar-refractivity contribution in [3.63, 3.8) is 0 Å². The first kappa shape index (κ1) is 12.5. The summed E-state index contributed by atoms with van der Waals surface area (Å²) in [6.07, 6.45) is 0. The number of hydrogen-bond donors (Lipinski definition) is 1. The molecule has 1 N–H and O–H groups in total. The van der Waals surface area contributed by atoms with E-state index >= 15 is 0 Å². The molecule has 92 valence electrons. The standard InChI is InChI=1S/C11H14ClN3OS/c1-11(2,3)13-6-9-14-15-10(17-9)7-4-5-8(12)16-7/h4-5,13H,6H2,1-3H3. The molecule has 0 aromatic carbocycles. The molecule has 4 nitrogen and oxygen atoms in total. The van der Waals surface area contributed by atoms with Crippen molar-refractivity contribution in [1.29, 1.82) is 0 Å². The highest BCUT2D eigenvalue weighted by molar-refractivity contribution is 7.14. The SMILES string of the molecule is CC(C)(C)NCc1nnc(-c2ccc(Cl)o2)s1. The molecule has 0 bridgehead atoms. The van der Waals surface area contributed by atoms with E-state index in [-0.39, 0.29) is 5.54 Å². The topological polar surface area (TPSA) is 51.0 Å². The van der Waals surface area contributed by atoms with Crippen molar-refractivity contribution >= 4 is 22.9 Å². The summed E-state index contributed by atoms with van der Waals surface area (Å²) < 4.78 is 5.28. The highest BCUT2D eigenvalue weighted by atomic mass is 35.5. The van der Waals surface area contributed by atoms with Crippen molar-refractivity contribution in [2.75, 3.05) is 0 Å². The van der Waals surface area contributed by atoms with Crippen LogP contribution in [0.5, 0.6) is 0 Å². The van der Waals surface area contributed by atoms with Gasteiger partial charge in [-0.3, -0.25) is 0 Å². The predicted molar refractivity (Wildman–Crippen MR) is 69.2 cm³/mol. The summed E-state index contributed by atoms with van der Waals surface area (Å²) >= 11 is 7.22. The zero-order chi connectivity index (χ0) is 12.5. The van der Waals surface area contributed by atoms with Crippen molar-refractivity contribution < 1.29 is 4.42 Å². The van der Waals surface area contributed by atoms with Crippen molar-refractivity contribution in [2.24, 2.45) is 0 Å². The number of furan rings is 1.